The van der Waals surface area contributed by atoms with Gasteiger partial charge in [0.2, 0.25) is 0 Å². The van der Waals surface area contributed by atoms with Crippen LogP contribution in [0.5, 0.6) is 0 Å². The maximum Gasteiger partial charge on any atom is 0.132 e. The summed E-state index contributed by atoms with van der Waals surface area (Å²) in [6.07, 6.45) is 5.37. The van der Waals surface area contributed by atoms with Crippen LogP contribution in [-0.2, 0) is 12.8 Å². The first-order chi connectivity index (χ1) is 9.02. The van der Waals surface area contributed by atoms with Crippen LogP contribution >= 0.6 is 0 Å². The summed E-state index contributed by atoms with van der Waals surface area (Å²) in [5.74, 6) is 0.860. The first-order valence-corrected chi connectivity index (χ1v) is 6.65. The molecule has 0 radical (unpaired) electrons. The summed E-state index contributed by atoms with van der Waals surface area (Å²) in [6, 6.07) is 6.70. The molecule has 3 nitrogen and oxygen atoms in total. The smallest absolute Gasteiger partial charge is 0.132 e. The van der Waals surface area contributed by atoms with Gasteiger partial charge in [0.25, 0.3) is 0 Å². The second kappa shape index (κ2) is 5.93. The molecule has 0 fully saturated rings. The fourth-order valence-electron chi connectivity index (χ4n) is 2.30. The minimum atomic E-state index is 0.147. The Morgan fingerprint density at radius 2 is 1.58 bits per heavy atom. The number of aromatic nitrogens is 2. The largest absolute Gasteiger partial charge is 0.328 e. The van der Waals surface area contributed by atoms with Crippen molar-refractivity contribution in [2.75, 3.05) is 0 Å². The average Bonchev–Trinajstić information content (AvgIpc) is 2.29. The molecule has 1 aromatic heterocycles. The monoisotopic (exact) mass is 255 g/mol. The molecule has 0 aliphatic carbocycles. The number of hydrogen-bond acceptors (Lipinski definition) is 3. The zero-order chi connectivity index (χ0) is 13.8. The molecule has 100 valence electrons. The molecular formula is C16H21N3. The quantitative estimate of drug-likeness (QED) is 0.913. The van der Waals surface area contributed by atoms with Gasteiger partial charge in [-0.2, -0.15) is 0 Å². The van der Waals surface area contributed by atoms with Gasteiger partial charge < -0.3 is 5.73 Å². The van der Waals surface area contributed by atoms with Crippen molar-refractivity contribution in [2.24, 2.45) is 5.73 Å². The molecule has 0 aliphatic heterocycles. The van der Waals surface area contributed by atoms with Crippen LogP contribution in [0.15, 0.2) is 30.6 Å². The highest BCUT2D eigenvalue weighted by atomic mass is 14.9. The van der Waals surface area contributed by atoms with Gasteiger partial charge in [0.15, 0.2) is 0 Å². The van der Waals surface area contributed by atoms with Crippen molar-refractivity contribution in [2.45, 2.75) is 39.7 Å². The van der Waals surface area contributed by atoms with E-state index in [0.717, 1.165) is 24.2 Å². The van der Waals surface area contributed by atoms with Crippen LogP contribution in [0.4, 0.5) is 0 Å². The summed E-state index contributed by atoms with van der Waals surface area (Å²) in [5.41, 5.74) is 10.7. The Kier molecular flexibility index (Phi) is 4.27. The van der Waals surface area contributed by atoms with Gasteiger partial charge in [-0.25, -0.2) is 9.97 Å². The zero-order valence-electron chi connectivity index (χ0n) is 11.9. The summed E-state index contributed by atoms with van der Waals surface area (Å²) >= 11 is 0. The second-order valence-corrected chi connectivity index (χ2v) is 5.36. The maximum atomic E-state index is 5.76. The van der Waals surface area contributed by atoms with Gasteiger partial charge in [0, 0.05) is 24.9 Å². The van der Waals surface area contributed by atoms with E-state index in [4.69, 9.17) is 5.73 Å². The van der Waals surface area contributed by atoms with Gasteiger partial charge in [-0.3, -0.25) is 0 Å². The molecule has 0 saturated carbocycles. The molecule has 1 atom stereocenters. The summed E-state index contributed by atoms with van der Waals surface area (Å²) < 4.78 is 0. The predicted molar refractivity (Wildman–Crippen MR) is 78.1 cm³/mol. The topological polar surface area (TPSA) is 51.8 Å². The van der Waals surface area contributed by atoms with Crippen molar-refractivity contribution >= 4 is 0 Å². The SMILES string of the molecule is Cc1cc(C)cc(Cc2ncc(CC(C)N)cn2)c1. The Labute approximate surface area is 114 Å². The molecule has 0 spiro atoms. The lowest BCUT2D eigenvalue weighted by Gasteiger charge is -2.06. The fraction of sp³-hybridized carbons (Fsp3) is 0.375. The van der Waals surface area contributed by atoms with E-state index in [0.29, 0.717) is 0 Å². The standard InChI is InChI=1S/C16H21N3/c1-11-4-12(2)6-14(5-11)8-16-18-9-15(10-19-16)7-13(3)17/h4-6,9-10,13H,7-8,17H2,1-3H3. The highest BCUT2D eigenvalue weighted by molar-refractivity contribution is 5.30. The molecule has 3 heteroatoms. The van der Waals surface area contributed by atoms with Crippen molar-refractivity contribution in [1.29, 1.82) is 0 Å². The van der Waals surface area contributed by atoms with Crippen LogP contribution in [-0.4, -0.2) is 16.0 Å². The van der Waals surface area contributed by atoms with Gasteiger partial charge in [0.05, 0.1) is 0 Å². The molecule has 1 aromatic carbocycles. The van der Waals surface area contributed by atoms with Crippen molar-refractivity contribution in [3.05, 3.63) is 58.7 Å². The maximum absolute atomic E-state index is 5.76. The Hall–Kier alpha value is -1.74. The van der Waals surface area contributed by atoms with E-state index >= 15 is 0 Å². The van der Waals surface area contributed by atoms with Gasteiger partial charge in [0.1, 0.15) is 5.82 Å². The van der Waals surface area contributed by atoms with Crippen LogP contribution in [0.25, 0.3) is 0 Å². The van der Waals surface area contributed by atoms with Crippen LogP contribution in [0.1, 0.15) is 35.0 Å². The fourth-order valence-corrected chi connectivity index (χ4v) is 2.30. The molecule has 2 aromatic rings. The van der Waals surface area contributed by atoms with Crippen LogP contribution < -0.4 is 5.73 Å². The Balaban J connectivity index is 2.10. The van der Waals surface area contributed by atoms with Gasteiger partial charge in [-0.05, 0) is 38.3 Å². The number of rotatable bonds is 4. The van der Waals surface area contributed by atoms with Crippen LogP contribution in [0, 0.1) is 13.8 Å². The molecule has 0 saturated heterocycles. The van der Waals surface area contributed by atoms with E-state index in [1.807, 2.05) is 19.3 Å². The summed E-state index contributed by atoms with van der Waals surface area (Å²) in [7, 11) is 0. The minimum Gasteiger partial charge on any atom is -0.328 e. The average molecular weight is 255 g/mol. The van der Waals surface area contributed by atoms with E-state index in [9.17, 15) is 0 Å². The third-order valence-electron chi connectivity index (χ3n) is 2.96. The molecule has 1 unspecified atom stereocenters. The number of benzene rings is 1. The Morgan fingerprint density at radius 1 is 1.00 bits per heavy atom. The third kappa shape index (κ3) is 4.14. The molecule has 0 amide bonds. The number of aryl methyl sites for hydroxylation is 2. The normalized spacial score (nSPS) is 12.4. The third-order valence-corrected chi connectivity index (χ3v) is 2.96. The van der Waals surface area contributed by atoms with Crippen LogP contribution in [0.3, 0.4) is 0 Å². The van der Waals surface area contributed by atoms with Gasteiger partial charge in [-0.15, -0.1) is 0 Å². The highest BCUT2D eigenvalue weighted by Crippen LogP contribution is 2.12. The molecule has 0 bridgehead atoms. The number of nitrogens with zero attached hydrogens (tertiary/aromatic N) is 2. The van der Waals surface area contributed by atoms with E-state index in [1.54, 1.807) is 0 Å². The molecule has 2 rings (SSSR count). The lowest BCUT2D eigenvalue weighted by molar-refractivity contribution is 0.729. The summed E-state index contributed by atoms with van der Waals surface area (Å²) in [6.45, 7) is 6.22. The molecular weight excluding hydrogens is 234 g/mol. The first kappa shape index (κ1) is 13.7. The van der Waals surface area contributed by atoms with Crippen molar-refractivity contribution in [3.63, 3.8) is 0 Å². The summed E-state index contributed by atoms with van der Waals surface area (Å²) in [5, 5.41) is 0. The van der Waals surface area contributed by atoms with E-state index in [-0.39, 0.29) is 6.04 Å². The van der Waals surface area contributed by atoms with Crippen molar-refractivity contribution in [1.82, 2.24) is 9.97 Å². The Morgan fingerprint density at radius 3 is 2.11 bits per heavy atom. The lowest BCUT2D eigenvalue weighted by Crippen LogP contribution is -2.18. The zero-order valence-corrected chi connectivity index (χ0v) is 11.9. The molecule has 1 heterocycles. The van der Waals surface area contributed by atoms with Gasteiger partial charge in [-0.1, -0.05) is 29.3 Å². The van der Waals surface area contributed by atoms with Crippen LogP contribution in [0.2, 0.25) is 0 Å². The number of hydrogen-bond donors (Lipinski definition) is 1. The Bertz CT molecular complexity index is 524. The molecule has 19 heavy (non-hydrogen) atoms. The van der Waals surface area contributed by atoms with Crippen molar-refractivity contribution < 1.29 is 0 Å². The number of nitrogens with two attached hydrogens (primary N) is 1. The minimum absolute atomic E-state index is 0.147. The van der Waals surface area contributed by atoms with E-state index in [1.165, 1.54) is 16.7 Å². The summed E-state index contributed by atoms with van der Waals surface area (Å²) in [4.78, 5) is 8.84. The molecule has 0 aliphatic rings. The predicted octanol–water partition coefficient (Wildman–Crippen LogP) is 2.57. The first-order valence-electron chi connectivity index (χ1n) is 6.65. The van der Waals surface area contributed by atoms with Crippen molar-refractivity contribution in [3.8, 4) is 0 Å². The highest BCUT2D eigenvalue weighted by Gasteiger charge is 2.03. The van der Waals surface area contributed by atoms with E-state index in [2.05, 4.69) is 42.0 Å². The van der Waals surface area contributed by atoms with E-state index < -0.39 is 0 Å². The molecule has 2 N–H and O–H groups in total. The van der Waals surface area contributed by atoms with Gasteiger partial charge >= 0.3 is 0 Å². The second-order valence-electron chi connectivity index (χ2n) is 5.36. The lowest BCUT2D eigenvalue weighted by atomic mass is 10.0.